The van der Waals surface area contributed by atoms with Crippen molar-refractivity contribution in [1.29, 1.82) is 0 Å². The summed E-state index contributed by atoms with van der Waals surface area (Å²) in [4.78, 5) is 25.5. The van der Waals surface area contributed by atoms with Gasteiger partial charge in [0.25, 0.3) is 5.91 Å². The smallest absolute Gasteiger partial charge is 0.268 e. The predicted molar refractivity (Wildman–Crippen MR) is 77.1 cm³/mol. The molecule has 0 saturated carbocycles. The minimum atomic E-state index is -0.561. The van der Waals surface area contributed by atoms with Crippen molar-refractivity contribution >= 4 is 12.2 Å². The summed E-state index contributed by atoms with van der Waals surface area (Å²) in [5.74, 6) is -0.275. The van der Waals surface area contributed by atoms with E-state index in [9.17, 15) is 9.59 Å². The molecule has 1 heterocycles. The lowest BCUT2D eigenvalue weighted by Gasteiger charge is -2.11. The SMILES string of the molecule is O=[C][C@@H](CCCc1ccccc1)NC(=O)c1ccc[nH]1. The van der Waals surface area contributed by atoms with E-state index in [1.165, 1.54) is 5.56 Å². The number of hydrogen-bond donors (Lipinski definition) is 2. The molecule has 2 aromatic rings. The molecule has 1 aromatic heterocycles. The van der Waals surface area contributed by atoms with Crippen molar-refractivity contribution in [2.45, 2.75) is 25.3 Å². The summed E-state index contributed by atoms with van der Waals surface area (Å²) < 4.78 is 0. The summed E-state index contributed by atoms with van der Waals surface area (Å²) in [7, 11) is 0. The van der Waals surface area contributed by atoms with Gasteiger partial charge in [-0.15, -0.1) is 0 Å². The van der Waals surface area contributed by atoms with E-state index in [2.05, 4.69) is 22.4 Å². The fraction of sp³-hybridized carbons (Fsp3) is 0.250. The molecule has 0 unspecified atom stereocenters. The molecule has 4 nitrogen and oxygen atoms in total. The molecule has 1 radical (unpaired) electrons. The van der Waals surface area contributed by atoms with Gasteiger partial charge in [-0.05, 0) is 37.0 Å². The van der Waals surface area contributed by atoms with Crippen molar-refractivity contribution in [2.24, 2.45) is 0 Å². The highest BCUT2D eigenvalue weighted by atomic mass is 16.2. The third-order valence-electron chi connectivity index (χ3n) is 3.09. The van der Waals surface area contributed by atoms with Gasteiger partial charge in [0.15, 0.2) is 0 Å². The zero-order chi connectivity index (χ0) is 14.2. The molecule has 1 atom stereocenters. The first-order chi connectivity index (χ1) is 9.79. The predicted octanol–water partition coefficient (Wildman–Crippen LogP) is 2.25. The van der Waals surface area contributed by atoms with Crippen LogP contribution in [0.25, 0.3) is 0 Å². The standard InChI is InChI=1S/C16H17N2O2/c19-12-14(18-16(20)15-10-5-11-17-15)9-4-8-13-6-2-1-3-7-13/h1-3,5-7,10-11,14,17H,4,8-9H2,(H,18,20)/t14-/m1/s1. The molecule has 4 heteroatoms. The Kier molecular flexibility index (Phi) is 5.12. The van der Waals surface area contributed by atoms with Gasteiger partial charge in [-0.3, -0.25) is 9.59 Å². The maximum absolute atomic E-state index is 11.8. The van der Waals surface area contributed by atoms with Gasteiger partial charge in [0, 0.05) is 6.20 Å². The Morgan fingerprint density at radius 2 is 2.00 bits per heavy atom. The normalized spacial score (nSPS) is 11.8. The molecule has 2 N–H and O–H groups in total. The molecule has 0 aliphatic rings. The molecule has 0 aliphatic carbocycles. The van der Waals surface area contributed by atoms with Crippen LogP contribution in [-0.4, -0.2) is 23.2 Å². The Balaban J connectivity index is 1.78. The summed E-state index contributed by atoms with van der Waals surface area (Å²) >= 11 is 0. The number of aryl methyl sites for hydroxylation is 1. The molecule has 103 valence electrons. The Morgan fingerprint density at radius 1 is 1.20 bits per heavy atom. The minimum absolute atomic E-state index is 0.275. The summed E-state index contributed by atoms with van der Waals surface area (Å²) in [5, 5.41) is 2.66. The summed E-state index contributed by atoms with van der Waals surface area (Å²) in [6.45, 7) is 0. The molecule has 0 saturated heterocycles. The number of H-pyrrole nitrogens is 1. The Labute approximate surface area is 118 Å². The van der Waals surface area contributed by atoms with Crippen molar-refractivity contribution in [2.75, 3.05) is 0 Å². The quantitative estimate of drug-likeness (QED) is 0.809. The van der Waals surface area contributed by atoms with Crippen LogP contribution in [0.15, 0.2) is 48.7 Å². The van der Waals surface area contributed by atoms with Gasteiger partial charge in [-0.1, -0.05) is 30.3 Å². The van der Waals surface area contributed by atoms with Crippen LogP contribution in [0.1, 0.15) is 28.9 Å². The summed E-state index contributed by atoms with van der Waals surface area (Å²) in [6, 6.07) is 12.9. The van der Waals surface area contributed by atoms with Crippen LogP contribution >= 0.6 is 0 Å². The molecule has 2 rings (SSSR count). The van der Waals surface area contributed by atoms with Crippen LogP contribution in [0.4, 0.5) is 0 Å². The van der Waals surface area contributed by atoms with Gasteiger partial charge >= 0.3 is 0 Å². The molecule has 0 fully saturated rings. The molecule has 1 aromatic carbocycles. The molecule has 1 amide bonds. The number of benzene rings is 1. The molecule has 20 heavy (non-hydrogen) atoms. The molecule has 0 aliphatic heterocycles. The van der Waals surface area contributed by atoms with Gasteiger partial charge in [0.05, 0.1) is 6.04 Å². The third kappa shape index (κ3) is 4.09. The van der Waals surface area contributed by atoms with Crippen LogP contribution in [0.3, 0.4) is 0 Å². The van der Waals surface area contributed by atoms with E-state index >= 15 is 0 Å². The van der Waals surface area contributed by atoms with Crippen LogP contribution in [0, 0.1) is 0 Å². The average Bonchev–Trinajstić information content (AvgIpc) is 3.01. The monoisotopic (exact) mass is 269 g/mol. The van der Waals surface area contributed by atoms with E-state index in [0.29, 0.717) is 12.1 Å². The maximum Gasteiger partial charge on any atom is 0.268 e. The number of nitrogens with one attached hydrogen (secondary N) is 2. The zero-order valence-corrected chi connectivity index (χ0v) is 11.1. The highest BCUT2D eigenvalue weighted by Gasteiger charge is 2.13. The number of hydrogen-bond acceptors (Lipinski definition) is 2. The van der Waals surface area contributed by atoms with Gasteiger partial charge in [0.2, 0.25) is 6.29 Å². The first-order valence-electron chi connectivity index (χ1n) is 6.65. The number of amides is 1. The largest absolute Gasteiger partial charge is 0.357 e. The molecule has 0 bridgehead atoms. The van der Waals surface area contributed by atoms with Crippen LogP contribution in [-0.2, 0) is 11.2 Å². The summed E-state index contributed by atoms with van der Waals surface area (Å²) in [5.41, 5.74) is 1.68. The highest BCUT2D eigenvalue weighted by Crippen LogP contribution is 2.06. The lowest BCUT2D eigenvalue weighted by Crippen LogP contribution is -2.36. The molecule has 0 spiro atoms. The molecular weight excluding hydrogens is 252 g/mol. The Hall–Kier alpha value is -2.36. The first-order valence-corrected chi connectivity index (χ1v) is 6.65. The van der Waals surface area contributed by atoms with E-state index in [4.69, 9.17) is 0 Å². The number of carbonyl (C=O) groups is 1. The highest BCUT2D eigenvalue weighted by molar-refractivity contribution is 5.93. The van der Waals surface area contributed by atoms with Crippen LogP contribution in [0.2, 0.25) is 0 Å². The molecular formula is C16H17N2O2. The first kappa shape index (κ1) is 14.1. The van der Waals surface area contributed by atoms with Crippen molar-refractivity contribution < 1.29 is 9.59 Å². The van der Waals surface area contributed by atoms with Crippen molar-refractivity contribution in [1.82, 2.24) is 10.3 Å². The number of rotatable bonds is 7. The minimum Gasteiger partial charge on any atom is -0.357 e. The lowest BCUT2D eigenvalue weighted by molar-refractivity contribution is 0.0940. The second kappa shape index (κ2) is 7.28. The fourth-order valence-electron chi connectivity index (χ4n) is 2.02. The number of aromatic amines is 1. The number of carbonyl (C=O) groups excluding carboxylic acids is 2. The van der Waals surface area contributed by atoms with E-state index in [-0.39, 0.29) is 5.91 Å². The van der Waals surface area contributed by atoms with Crippen molar-refractivity contribution in [3.8, 4) is 0 Å². The van der Waals surface area contributed by atoms with Crippen LogP contribution in [0.5, 0.6) is 0 Å². The summed E-state index contributed by atoms with van der Waals surface area (Å²) in [6.07, 6.45) is 5.86. The van der Waals surface area contributed by atoms with Gasteiger partial charge in [0.1, 0.15) is 5.69 Å². The van der Waals surface area contributed by atoms with Crippen molar-refractivity contribution in [3.05, 3.63) is 59.9 Å². The Morgan fingerprint density at radius 3 is 2.65 bits per heavy atom. The van der Waals surface area contributed by atoms with E-state index in [1.54, 1.807) is 18.3 Å². The fourth-order valence-corrected chi connectivity index (χ4v) is 2.02. The zero-order valence-electron chi connectivity index (χ0n) is 11.1. The van der Waals surface area contributed by atoms with E-state index in [0.717, 1.165) is 12.8 Å². The van der Waals surface area contributed by atoms with E-state index < -0.39 is 6.04 Å². The van der Waals surface area contributed by atoms with E-state index in [1.807, 2.05) is 24.5 Å². The van der Waals surface area contributed by atoms with Crippen LogP contribution < -0.4 is 5.32 Å². The Bertz CT molecular complexity index is 535. The second-order valence-electron chi connectivity index (χ2n) is 4.61. The van der Waals surface area contributed by atoms with Crippen molar-refractivity contribution in [3.63, 3.8) is 0 Å². The van der Waals surface area contributed by atoms with Gasteiger partial charge in [-0.2, -0.15) is 0 Å². The second-order valence-corrected chi connectivity index (χ2v) is 4.61. The van der Waals surface area contributed by atoms with Gasteiger partial charge < -0.3 is 10.3 Å². The average molecular weight is 269 g/mol. The topological polar surface area (TPSA) is 62.0 Å². The maximum atomic E-state index is 11.8. The lowest BCUT2D eigenvalue weighted by atomic mass is 10.1. The number of aromatic nitrogens is 1. The third-order valence-corrected chi connectivity index (χ3v) is 3.09. The van der Waals surface area contributed by atoms with Gasteiger partial charge in [-0.25, -0.2) is 0 Å².